The summed E-state index contributed by atoms with van der Waals surface area (Å²) in [5.74, 6) is 0. The molecule has 0 fully saturated rings. The molecule has 63 heavy (non-hydrogen) atoms. The number of azo groups is 4. The quantitative estimate of drug-likeness (QED) is 0.0260. The molecule has 6 rings (SSSR count). The van der Waals surface area contributed by atoms with Crippen LogP contribution in [0.2, 0.25) is 0 Å². The molecular weight excluding hydrogens is 905 g/mol. The Morgan fingerprint density at radius 1 is 0.381 bits per heavy atom. The first-order valence-electron chi connectivity index (χ1n) is 17.3. The molecule has 0 spiro atoms. The molecule has 0 bridgehead atoms. The van der Waals surface area contributed by atoms with E-state index in [1.54, 1.807) is 12.1 Å². The minimum atomic E-state index is -4.97. The maximum Gasteiger partial charge on any atom is 0.295 e. The van der Waals surface area contributed by atoms with Crippen LogP contribution >= 0.6 is 0 Å². The fourth-order valence-electron chi connectivity index (χ4n) is 5.18. The first-order chi connectivity index (χ1) is 29.6. The normalized spacial score (nSPS) is 13.2. The zero-order valence-electron chi connectivity index (χ0n) is 31.5. The molecule has 0 radical (unpaired) electrons. The second kappa shape index (κ2) is 18.5. The van der Waals surface area contributed by atoms with Gasteiger partial charge in [-0.25, -0.2) is 0 Å². The highest BCUT2D eigenvalue weighted by atomic mass is 32.2. The summed E-state index contributed by atoms with van der Waals surface area (Å²) in [5, 5.41) is 40.9. The van der Waals surface area contributed by atoms with Gasteiger partial charge in [0.05, 0.1) is 43.9 Å². The van der Waals surface area contributed by atoms with E-state index in [2.05, 4.69) is 35.8 Å². The summed E-state index contributed by atoms with van der Waals surface area (Å²) in [6, 6.07) is 28.6. The van der Waals surface area contributed by atoms with E-state index in [-0.39, 0.29) is 48.5 Å². The van der Waals surface area contributed by atoms with Crippen molar-refractivity contribution >= 4 is 98.1 Å². The Labute approximate surface area is 358 Å². The van der Waals surface area contributed by atoms with E-state index in [1.807, 2.05) is 0 Å². The minimum absolute atomic E-state index is 0.00418. The van der Waals surface area contributed by atoms with Gasteiger partial charge in [0, 0.05) is 17.2 Å². The van der Waals surface area contributed by atoms with Crippen LogP contribution in [0.5, 0.6) is 0 Å². The molecule has 0 amide bonds. The van der Waals surface area contributed by atoms with E-state index in [0.717, 1.165) is 42.5 Å². The van der Waals surface area contributed by atoms with E-state index in [4.69, 9.17) is 9.11 Å². The third-order valence-electron chi connectivity index (χ3n) is 8.23. The summed E-state index contributed by atoms with van der Waals surface area (Å²) >= 11 is 0. The Hall–Kier alpha value is -7.10. The fourth-order valence-corrected chi connectivity index (χ4v) is 7.55. The molecule has 0 aliphatic carbocycles. The third kappa shape index (κ3) is 12.5. The second-order valence-electron chi connectivity index (χ2n) is 12.7. The molecule has 0 unspecified atom stereocenters. The average molecular weight is 933 g/mol. The summed E-state index contributed by atoms with van der Waals surface area (Å²) in [6.45, 7) is 0. The van der Waals surface area contributed by atoms with Crippen molar-refractivity contribution in [2.24, 2.45) is 35.8 Å². The zero-order valence-corrected chi connectivity index (χ0v) is 34.8. The number of nitrogens with zero attached hydrogens (tertiary/aromatic N) is 8. The van der Waals surface area contributed by atoms with Crippen LogP contribution in [0.25, 0.3) is 12.2 Å². The summed E-state index contributed by atoms with van der Waals surface area (Å²) in [7, 11) is -18.6. The fraction of sp³-hybridized carbons (Fsp3) is 0. The van der Waals surface area contributed by atoms with Gasteiger partial charge < -0.3 is 5.21 Å². The SMILES string of the molecule is O=S(=O)(O)c1ccc(N=Nc2ccc(N=Nc3ccc(/C=C/c4ccc([N+]([O-])=Nc5ccc(N=Nc6ccc(S(=O)(=O)O)cc6)cc5)cc4S(=O)(=O)O)c(S(=O)(=O)O)c3)cc2)cc1. The van der Waals surface area contributed by atoms with Crippen molar-refractivity contribution in [3.63, 3.8) is 0 Å². The lowest BCUT2D eigenvalue weighted by atomic mass is 10.1. The Morgan fingerprint density at radius 3 is 1.05 bits per heavy atom. The number of benzene rings is 6. The molecule has 0 saturated heterocycles. The molecule has 0 aliphatic heterocycles. The van der Waals surface area contributed by atoms with E-state index in [9.17, 15) is 48.0 Å². The third-order valence-corrected chi connectivity index (χ3v) is 11.8. The largest absolute Gasteiger partial charge is 0.594 e. The van der Waals surface area contributed by atoms with E-state index < -0.39 is 50.3 Å². The molecule has 0 saturated carbocycles. The lowest BCUT2D eigenvalue weighted by Crippen LogP contribution is -2.03. The van der Waals surface area contributed by atoms with Crippen LogP contribution in [-0.2, 0) is 40.5 Å². The topological polar surface area (TPSA) is 330 Å². The van der Waals surface area contributed by atoms with Crippen LogP contribution in [0.4, 0.5) is 45.5 Å². The highest BCUT2D eigenvalue weighted by Gasteiger charge is 2.20. The van der Waals surface area contributed by atoms with Gasteiger partial charge in [-0.15, -0.1) is 0 Å². The van der Waals surface area contributed by atoms with Gasteiger partial charge in [0.15, 0.2) is 0 Å². The smallest absolute Gasteiger partial charge is 0.295 e. The van der Waals surface area contributed by atoms with Gasteiger partial charge in [-0.1, -0.05) is 23.1 Å². The van der Waals surface area contributed by atoms with Crippen LogP contribution < -0.4 is 0 Å². The van der Waals surface area contributed by atoms with Gasteiger partial charge >= 0.3 is 0 Å². The maximum absolute atomic E-state index is 12.9. The van der Waals surface area contributed by atoms with Gasteiger partial charge in [-0.05, 0) is 126 Å². The van der Waals surface area contributed by atoms with Crippen LogP contribution in [0.3, 0.4) is 0 Å². The number of hydrogen-bond donors (Lipinski definition) is 4. The van der Waals surface area contributed by atoms with Crippen molar-refractivity contribution in [1.82, 2.24) is 0 Å². The van der Waals surface area contributed by atoms with Gasteiger partial charge in [-0.3, -0.25) is 18.2 Å². The van der Waals surface area contributed by atoms with Crippen molar-refractivity contribution < 1.29 is 56.7 Å². The molecule has 6 aromatic carbocycles. The van der Waals surface area contributed by atoms with Crippen molar-refractivity contribution in [2.75, 3.05) is 0 Å². The van der Waals surface area contributed by atoms with Crippen LogP contribution in [-0.4, -0.2) is 56.7 Å². The highest BCUT2D eigenvalue weighted by molar-refractivity contribution is 7.86. The van der Waals surface area contributed by atoms with Crippen molar-refractivity contribution in [3.8, 4) is 0 Å². The zero-order chi connectivity index (χ0) is 45.6. The van der Waals surface area contributed by atoms with Gasteiger partial charge in [-0.2, -0.15) is 64.4 Å². The standard InChI is InChI=1S/C38H28N8O13S4/c47-46(45-32-12-10-29(11-13-32)40-42-31-16-21-36(22-17-31)61(51,52)53)34-18-4-26(38(24-34)63(57,58)59)2-1-25-3-5-33(23-37(25)62(54,55)56)44-43-28-8-6-27(7-9-28)39-41-30-14-19-35(20-15-30)60(48,49)50/h1-24H,(H,48,49,50)(H,51,52,53)(H,54,55,56)(H,57,58,59)/b2-1+,41-39?,42-40?,44-43?,46-45?. The lowest BCUT2D eigenvalue weighted by Gasteiger charge is -2.07. The molecule has 0 atom stereocenters. The minimum Gasteiger partial charge on any atom is -0.594 e. The van der Waals surface area contributed by atoms with Crippen molar-refractivity contribution in [1.29, 1.82) is 0 Å². The monoisotopic (exact) mass is 932 g/mol. The first-order valence-corrected chi connectivity index (χ1v) is 23.1. The van der Waals surface area contributed by atoms with Gasteiger partial charge in [0.2, 0.25) is 5.69 Å². The summed E-state index contributed by atoms with van der Waals surface area (Å²) in [4.78, 5) is -1.87. The molecular formula is C38H28N8O13S4. The Bertz CT molecular complexity index is 3310. The molecule has 4 N–H and O–H groups in total. The molecule has 0 heterocycles. The number of hydrogen-bond acceptors (Lipinski definition) is 16. The molecule has 322 valence electrons. The van der Waals surface area contributed by atoms with Crippen molar-refractivity contribution in [2.45, 2.75) is 19.6 Å². The van der Waals surface area contributed by atoms with Crippen LogP contribution in [0.15, 0.2) is 189 Å². The second-order valence-corrected chi connectivity index (χ2v) is 18.3. The Kier molecular flexibility index (Phi) is 13.3. The maximum atomic E-state index is 12.9. The van der Waals surface area contributed by atoms with Crippen molar-refractivity contribution in [3.05, 3.63) is 150 Å². The molecule has 25 heteroatoms. The van der Waals surface area contributed by atoms with Gasteiger partial charge in [0.25, 0.3) is 40.5 Å². The lowest BCUT2D eigenvalue weighted by molar-refractivity contribution is -0.435. The Morgan fingerprint density at radius 2 is 0.683 bits per heavy atom. The Balaban J connectivity index is 1.16. The van der Waals surface area contributed by atoms with E-state index >= 15 is 0 Å². The summed E-state index contributed by atoms with van der Waals surface area (Å²) in [5.41, 5.74) is 1.16. The van der Waals surface area contributed by atoms with Crippen LogP contribution in [0.1, 0.15) is 11.1 Å². The summed E-state index contributed by atoms with van der Waals surface area (Å²) < 4.78 is 133. The predicted octanol–water partition coefficient (Wildman–Crippen LogP) is 10.0. The molecule has 0 aromatic heterocycles. The van der Waals surface area contributed by atoms with Crippen LogP contribution in [0, 0.1) is 5.21 Å². The molecule has 21 nitrogen and oxygen atoms in total. The molecule has 6 aromatic rings. The summed E-state index contributed by atoms with van der Waals surface area (Å²) in [6.07, 6.45) is 2.28. The number of rotatable bonds is 14. The van der Waals surface area contributed by atoms with Gasteiger partial charge in [0.1, 0.15) is 15.5 Å². The van der Waals surface area contributed by atoms with E-state index in [1.165, 1.54) is 91.0 Å². The average Bonchev–Trinajstić information content (AvgIpc) is 3.23. The first kappa shape index (κ1) is 45.4. The molecule has 0 aliphatic rings. The predicted molar refractivity (Wildman–Crippen MR) is 225 cm³/mol. The van der Waals surface area contributed by atoms with E-state index in [0.29, 0.717) is 22.7 Å². The highest BCUT2D eigenvalue weighted by Crippen LogP contribution is 2.31.